The van der Waals surface area contributed by atoms with E-state index in [2.05, 4.69) is 0 Å². The van der Waals surface area contributed by atoms with Gasteiger partial charge >= 0.3 is 0 Å². The Labute approximate surface area is 108 Å². The third kappa shape index (κ3) is 3.85. The lowest BCUT2D eigenvalue weighted by atomic mass is 10.3. The van der Waals surface area contributed by atoms with Crippen molar-refractivity contribution in [1.82, 2.24) is 9.47 Å². The molecule has 5 nitrogen and oxygen atoms in total. The Kier molecular flexibility index (Phi) is 6.46. The molecule has 0 unspecified atom stereocenters. The number of ether oxygens (including phenoxy) is 1. The molecule has 1 amide bonds. The number of carbonyl (C=O) groups excluding carboxylic acids is 1. The molecule has 0 aromatic carbocycles. The van der Waals surface area contributed by atoms with E-state index < -0.39 is 0 Å². The second kappa shape index (κ2) is 7.89. The predicted octanol–water partition coefficient (Wildman–Crippen LogP) is 0.979. The lowest BCUT2D eigenvalue weighted by Gasteiger charge is -2.21. The van der Waals surface area contributed by atoms with E-state index in [1.165, 1.54) is 0 Å². The minimum absolute atomic E-state index is 0.00653. The van der Waals surface area contributed by atoms with Crippen molar-refractivity contribution in [2.45, 2.75) is 19.9 Å². The van der Waals surface area contributed by atoms with Crippen molar-refractivity contribution in [2.24, 2.45) is 0 Å². The van der Waals surface area contributed by atoms with Gasteiger partial charge in [0.15, 0.2) is 0 Å². The third-order valence-corrected chi connectivity index (χ3v) is 2.84. The maximum absolute atomic E-state index is 12.3. The maximum atomic E-state index is 12.3. The fourth-order valence-corrected chi connectivity index (χ4v) is 1.82. The Morgan fingerprint density at radius 2 is 2.33 bits per heavy atom. The summed E-state index contributed by atoms with van der Waals surface area (Å²) >= 11 is 0. The number of hydrogen-bond donors (Lipinski definition) is 1. The summed E-state index contributed by atoms with van der Waals surface area (Å²) in [5, 5.41) is 8.83. The lowest BCUT2D eigenvalue weighted by Crippen LogP contribution is -2.33. The molecule has 102 valence electrons. The minimum atomic E-state index is 0.00653. The Bertz CT molecular complexity index is 363. The molecule has 1 aromatic heterocycles. The van der Waals surface area contributed by atoms with Gasteiger partial charge in [-0.2, -0.15) is 0 Å². The van der Waals surface area contributed by atoms with Gasteiger partial charge in [0.05, 0.1) is 6.61 Å². The van der Waals surface area contributed by atoms with Gasteiger partial charge in [-0.3, -0.25) is 4.79 Å². The van der Waals surface area contributed by atoms with Gasteiger partial charge in [-0.15, -0.1) is 0 Å². The number of aliphatic hydroxyl groups is 1. The van der Waals surface area contributed by atoms with Crippen LogP contribution in [0, 0.1) is 0 Å². The van der Waals surface area contributed by atoms with E-state index in [1.54, 1.807) is 12.0 Å². The van der Waals surface area contributed by atoms with Crippen LogP contribution in [0.2, 0.25) is 0 Å². The summed E-state index contributed by atoms with van der Waals surface area (Å²) in [5.74, 6) is 0.00653. The Morgan fingerprint density at radius 3 is 2.94 bits per heavy atom. The first-order chi connectivity index (χ1) is 8.74. The van der Waals surface area contributed by atoms with Gasteiger partial charge in [0.1, 0.15) is 5.69 Å². The highest BCUT2D eigenvalue weighted by molar-refractivity contribution is 5.92. The van der Waals surface area contributed by atoms with E-state index in [0.717, 1.165) is 0 Å². The standard InChI is InChI=1S/C13H22N2O3/c1-3-14(8-5-10-16)13(17)12-6-4-7-15(12)9-11-18-2/h4,6-7,16H,3,5,8-11H2,1-2H3. The average Bonchev–Trinajstić information content (AvgIpc) is 2.85. The number of aliphatic hydroxyl groups excluding tert-OH is 1. The van der Waals surface area contributed by atoms with Gasteiger partial charge < -0.3 is 19.3 Å². The van der Waals surface area contributed by atoms with Crippen LogP contribution >= 0.6 is 0 Å². The van der Waals surface area contributed by atoms with Crippen LogP contribution in [0.4, 0.5) is 0 Å². The smallest absolute Gasteiger partial charge is 0.270 e. The van der Waals surface area contributed by atoms with Crippen LogP contribution in [0.5, 0.6) is 0 Å². The number of nitrogens with zero attached hydrogens (tertiary/aromatic N) is 2. The molecule has 0 spiro atoms. The fourth-order valence-electron chi connectivity index (χ4n) is 1.82. The zero-order chi connectivity index (χ0) is 13.4. The molecule has 1 aromatic rings. The molecule has 0 aliphatic rings. The first-order valence-corrected chi connectivity index (χ1v) is 6.28. The molecule has 1 N–H and O–H groups in total. The highest BCUT2D eigenvalue weighted by Crippen LogP contribution is 2.07. The zero-order valence-electron chi connectivity index (χ0n) is 11.1. The Morgan fingerprint density at radius 1 is 1.56 bits per heavy atom. The average molecular weight is 254 g/mol. The lowest BCUT2D eigenvalue weighted by molar-refractivity contribution is 0.0741. The van der Waals surface area contributed by atoms with Crippen molar-refractivity contribution in [3.05, 3.63) is 24.0 Å². The summed E-state index contributed by atoms with van der Waals surface area (Å²) < 4.78 is 6.92. The number of carbonyl (C=O) groups is 1. The van der Waals surface area contributed by atoms with Crippen LogP contribution in [-0.4, -0.2) is 53.9 Å². The number of methoxy groups -OCH3 is 1. The molecule has 0 aliphatic heterocycles. The van der Waals surface area contributed by atoms with Gasteiger partial charge in [0.25, 0.3) is 5.91 Å². The van der Waals surface area contributed by atoms with Crippen LogP contribution < -0.4 is 0 Å². The second-order valence-corrected chi connectivity index (χ2v) is 4.04. The van der Waals surface area contributed by atoms with E-state index in [9.17, 15) is 4.79 Å². The van der Waals surface area contributed by atoms with Gasteiger partial charge in [-0.05, 0) is 25.5 Å². The largest absolute Gasteiger partial charge is 0.396 e. The highest BCUT2D eigenvalue weighted by Gasteiger charge is 2.16. The molecular weight excluding hydrogens is 232 g/mol. The molecule has 5 heteroatoms. The molecule has 1 rings (SSSR count). The van der Waals surface area contributed by atoms with E-state index in [-0.39, 0.29) is 12.5 Å². The van der Waals surface area contributed by atoms with Crippen molar-refractivity contribution < 1.29 is 14.6 Å². The van der Waals surface area contributed by atoms with Gasteiger partial charge in [-0.25, -0.2) is 0 Å². The van der Waals surface area contributed by atoms with Gasteiger partial charge in [0, 0.05) is 39.5 Å². The van der Waals surface area contributed by atoms with Crippen molar-refractivity contribution in [1.29, 1.82) is 0 Å². The zero-order valence-corrected chi connectivity index (χ0v) is 11.1. The number of rotatable bonds is 8. The number of hydrogen-bond acceptors (Lipinski definition) is 3. The molecule has 0 atom stereocenters. The summed E-state index contributed by atoms with van der Waals surface area (Å²) in [4.78, 5) is 14.1. The summed E-state index contributed by atoms with van der Waals surface area (Å²) in [6.07, 6.45) is 2.49. The monoisotopic (exact) mass is 254 g/mol. The van der Waals surface area contributed by atoms with Crippen molar-refractivity contribution in [2.75, 3.05) is 33.4 Å². The van der Waals surface area contributed by atoms with Crippen LogP contribution in [0.3, 0.4) is 0 Å². The summed E-state index contributed by atoms with van der Waals surface area (Å²) in [5.41, 5.74) is 0.673. The van der Waals surface area contributed by atoms with E-state index in [4.69, 9.17) is 9.84 Å². The molecule has 18 heavy (non-hydrogen) atoms. The quantitative estimate of drug-likeness (QED) is 0.752. The molecule has 1 heterocycles. The van der Waals surface area contributed by atoms with E-state index in [1.807, 2.05) is 29.8 Å². The minimum Gasteiger partial charge on any atom is -0.396 e. The van der Waals surface area contributed by atoms with E-state index >= 15 is 0 Å². The Hall–Kier alpha value is -1.33. The van der Waals surface area contributed by atoms with Gasteiger partial charge in [0.2, 0.25) is 0 Å². The second-order valence-electron chi connectivity index (χ2n) is 4.04. The summed E-state index contributed by atoms with van der Waals surface area (Å²) in [6.45, 7) is 4.53. The predicted molar refractivity (Wildman–Crippen MR) is 69.6 cm³/mol. The molecule has 0 bridgehead atoms. The van der Waals surface area contributed by atoms with Gasteiger partial charge in [-0.1, -0.05) is 0 Å². The summed E-state index contributed by atoms with van der Waals surface area (Å²) in [7, 11) is 1.64. The molecule has 0 saturated heterocycles. The van der Waals surface area contributed by atoms with Crippen LogP contribution in [-0.2, 0) is 11.3 Å². The van der Waals surface area contributed by atoms with Crippen LogP contribution in [0.15, 0.2) is 18.3 Å². The summed E-state index contributed by atoms with van der Waals surface area (Å²) in [6, 6.07) is 3.68. The Balaban J connectivity index is 2.71. The first-order valence-electron chi connectivity index (χ1n) is 6.28. The normalized spacial score (nSPS) is 10.6. The van der Waals surface area contributed by atoms with Crippen LogP contribution in [0.1, 0.15) is 23.8 Å². The van der Waals surface area contributed by atoms with Crippen molar-refractivity contribution >= 4 is 5.91 Å². The first kappa shape index (κ1) is 14.7. The number of aromatic nitrogens is 1. The maximum Gasteiger partial charge on any atom is 0.270 e. The third-order valence-electron chi connectivity index (χ3n) is 2.84. The molecule has 0 aliphatic carbocycles. The SMILES string of the molecule is CCN(CCCO)C(=O)c1cccn1CCOC. The number of amides is 1. The van der Waals surface area contributed by atoms with E-state index in [0.29, 0.717) is 38.4 Å². The highest BCUT2D eigenvalue weighted by atomic mass is 16.5. The fraction of sp³-hybridized carbons (Fsp3) is 0.615. The molecule has 0 fully saturated rings. The van der Waals surface area contributed by atoms with Crippen molar-refractivity contribution in [3.63, 3.8) is 0 Å². The molecule has 0 radical (unpaired) electrons. The van der Waals surface area contributed by atoms with Crippen LogP contribution in [0.25, 0.3) is 0 Å². The molecular formula is C13H22N2O3. The topological polar surface area (TPSA) is 54.7 Å². The van der Waals surface area contributed by atoms with Crippen molar-refractivity contribution in [3.8, 4) is 0 Å². The molecule has 0 saturated carbocycles.